The number of aryl methyl sites for hydroxylation is 1. The van der Waals surface area contributed by atoms with Gasteiger partial charge in [0.05, 0.1) is 34.4 Å². The van der Waals surface area contributed by atoms with E-state index in [1.54, 1.807) is 46.8 Å². The number of benzene rings is 1. The van der Waals surface area contributed by atoms with Crippen molar-refractivity contribution in [2.24, 2.45) is 0 Å². The zero-order valence-corrected chi connectivity index (χ0v) is 19.8. The quantitative estimate of drug-likeness (QED) is 0.367. The summed E-state index contributed by atoms with van der Waals surface area (Å²) in [6, 6.07) is 8.46. The molecule has 7 nitrogen and oxygen atoms in total. The minimum Gasteiger partial charge on any atom is -0.305 e. The Labute approximate surface area is 204 Å². The SMILES string of the molecule is CCc1cc2c(cc1F)c(C#N)c(-c1ccc(S(=O)(=O)NC(C)C(F)(F)F)cn1)n2-c1cccnc1. The number of halogens is 4. The Balaban J connectivity index is 1.91. The molecule has 0 fully saturated rings. The molecule has 3 aromatic heterocycles. The van der Waals surface area contributed by atoms with Gasteiger partial charge in [0.1, 0.15) is 22.8 Å². The van der Waals surface area contributed by atoms with Crippen LogP contribution in [0.1, 0.15) is 25.0 Å². The summed E-state index contributed by atoms with van der Waals surface area (Å²) in [6.07, 6.45) is -0.347. The van der Waals surface area contributed by atoms with Crippen molar-refractivity contribution in [1.82, 2.24) is 19.3 Å². The first-order chi connectivity index (χ1) is 17.0. The van der Waals surface area contributed by atoms with Crippen molar-refractivity contribution < 1.29 is 26.0 Å². The second-order valence-electron chi connectivity index (χ2n) is 7.96. The molecule has 0 radical (unpaired) electrons. The van der Waals surface area contributed by atoms with Gasteiger partial charge in [0, 0.05) is 17.8 Å². The van der Waals surface area contributed by atoms with Crippen molar-refractivity contribution in [3.05, 3.63) is 71.9 Å². The Morgan fingerprint density at radius 2 is 1.94 bits per heavy atom. The van der Waals surface area contributed by atoms with E-state index in [9.17, 15) is 31.2 Å². The number of hydrogen-bond donors (Lipinski definition) is 1. The molecule has 0 saturated carbocycles. The van der Waals surface area contributed by atoms with Crippen molar-refractivity contribution in [1.29, 1.82) is 5.26 Å². The zero-order chi connectivity index (χ0) is 26.3. The van der Waals surface area contributed by atoms with Gasteiger partial charge in [0.15, 0.2) is 0 Å². The number of nitrogens with zero attached hydrogens (tertiary/aromatic N) is 4. The maximum Gasteiger partial charge on any atom is 0.404 e. The van der Waals surface area contributed by atoms with Gasteiger partial charge in [-0.15, -0.1) is 0 Å². The normalized spacial score (nSPS) is 13.0. The minimum absolute atomic E-state index is 0.0994. The third-order valence-corrected chi connectivity index (χ3v) is 7.17. The zero-order valence-electron chi connectivity index (χ0n) is 19.0. The molecule has 3 heterocycles. The molecule has 0 amide bonds. The smallest absolute Gasteiger partial charge is 0.305 e. The standard InChI is InChI=1S/C24H19F4N5O2S/c1-3-15-9-22-18(10-20(15)25)19(11-29)23(33(22)16-5-4-8-30-12-16)21-7-6-17(13-31-21)36(34,35)32-14(2)24(26,27)28/h4-10,12-14,32H,3H2,1-2H3. The molecule has 0 aliphatic carbocycles. The third kappa shape index (κ3) is 4.55. The molecule has 1 atom stereocenters. The number of rotatable bonds is 6. The number of sulfonamides is 1. The molecular formula is C24H19F4N5O2S. The molecule has 0 spiro atoms. The van der Waals surface area contributed by atoms with Crippen LogP contribution in [0.3, 0.4) is 0 Å². The lowest BCUT2D eigenvalue weighted by atomic mass is 10.1. The Morgan fingerprint density at radius 1 is 1.19 bits per heavy atom. The topological polar surface area (TPSA) is 101 Å². The maximum absolute atomic E-state index is 14.7. The first-order valence-corrected chi connectivity index (χ1v) is 12.2. The van der Waals surface area contributed by atoms with Crippen LogP contribution in [-0.2, 0) is 16.4 Å². The summed E-state index contributed by atoms with van der Waals surface area (Å²) in [7, 11) is -4.52. The van der Waals surface area contributed by atoms with Crippen molar-refractivity contribution in [2.45, 2.75) is 37.4 Å². The second kappa shape index (κ2) is 9.33. The number of hydrogen-bond acceptors (Lipinski definition) is 5. The highest BCUT2D eigenvalue weighted by atomic mass is 32.2. The Kier molecular flexibility index (Phi) is 6.55. The van der Waals surface area contributed by atoms with Crippen LogP contribution in [0.5, 0.6) is 0 Å². The third-order valence-electron chi connectivity index (χ3n) is 5.64. The largest absolute Gasteiger partial charge is 0.404 e. The van der Waals surface area contributed by atoms with E-state index in [-0.39, 0.29) is 17.0 Å². The van der Waals surface area contributed by atoms with Crippen LogP contribution in [0.4, 0.5) is 17.6 Å². The van der Waals surface area contributed by atoms with E-state index in [0.29, 0.717) is 35.5 Å². The first-order valence-electron chi connectivity index (χ1n) is 10.7. The fraction of sp³-hybridized carbons (Fsp3) is 0.208. The fourth-order valence-corrected chi connectivity index (χ4v) is 4.95. The lowest BCUT2D eigenvalue weighted by Gasteiger charge is -2.17. The van der Waals surface area contributed by atoms with Gasteiger partial charge in [-0.1, -0.05) is 6.92 Å². The van der Waals surface area contributed by atoms with Crippen LogP contribution < -0.4 is 4.72 Å². The number of pyridine rings is 2. The highest BCUT2D eigenvalue weighted by Gasteiger charge is 2.39. The number of nitriles is 1. The van der Waals surface area contributed by atoms with Crippen molar-refractivity contribution >= 4 is 20.9 Å². The highest BCUT2D eigenvalue weighted by Crippen LogP contribution is 2.36. The van der Waals surface area contributed by atoms with Crippen LogP contribution >= 0.6 is 0 Å². The summed E-state index contributed by atoms with van der Waals surface area (Å²) in [5, 5.41) is 10.3. The van der Waals surface area contributed by atoms with Gasteiger partial charge >= 0.3 is 6.18 Å². The molecule has 186 valence electrons. The summed E-state index contributed by atoms with van der Waals surface area (Å²) in [4.78, 5) is 7.78. The Hall–Kier alpha value is -3.82. The molecule has 4 aromatic rings. The first kappa shape index (κ1) is 25.3. The number of alkyl halides is 3. The summed E-state index contributed by atoms with van der Waals surface area (Å²) in [6.45, 7) is 2.48. The van der Waals surface area contributed by atoms with E-state index in [1.807, 2.05) is 0 Å². The number of aromatic nitrogens is 3. The van der Waals surface area contributed by atoms with E-state index in [0.717, 1.165) is 12.3 Å². The summed E-state index contributed by atoms with van der Waals surface area (Å²) in [5.74, 6) is -0.476. The van der Waals surface area contributed by atoms with Crippen LogP contribution in [0.15, 0.2) is 59.9 Å². The molecule has 0 saturated heterocycles. The van der Waals surface area contributed by atoms with Crippen molar-refractivity contribution in [3.8, 4) is 23.1 Å². The Bertz CT molecular complexity index is 1580. The molecule has 0 aliphatic heterocycles. The van der Waals surface area contributed by atoms with E-state index < -0.39 is 33.0 Å². The predicted octanol–water partition coefficient (Wildman–Crippen LogP) is 4.89. The summed E-state index contributed by atoms with van der Waals surface area (Å²) < 4.78 is 81.3. The minimum atomic E-state index is -4.76. The molecule has 12 heteroatoms. The van der Waals surface area contributed by atoms with E-state index >= 15 is 0 Å². The van der Waals surface area contributed by atoms with Gasteiger partial charge in [-0.3, -0.25) is 9.97 Å². The van der Waals surface area contributed by atoms with Crippen molar-refractivity contribution in [3.63, 3.8) is 0 Å². The van der Waals surface area contributed by atoms with Crippen LogP contribution in [0.25, 0.3) is 28.0 Å². The maximum atomic E-state index is 14.7. The molecule has 36 heavy (non-hydrogen) atoms. The average Bonchev–Trinajstić information content (AvgIpc) is 3.16. The Morgan fingerprint density at radius 3 is 2.50 bits per heavy atom. The summed E-state index contributed by atoms with van der Waals surface area (Å²) >= 11 is 0. The molecule has 1 N–H and O–H groups in total. The van der Waals surface area contributed by atoms with E-state index in [2.05, 4.69) is 16.0 Å². The molecular weight excluding hydrogens is 498 g/mol. The van der Waals surface area contributed by atoms with Gasteiger partial charge < -0.3 is 4.57 Å². The monoisotopic (exact) mass is 517 g/mol. The predicted molar refractivity (Wildman–Crippen MR) is 124 cm³/mol. The molecule has 1 unspecified atom stereocenters. The van der Waals surface area contributed by atoms with Gasteiger partial charge in [-0.25, -0.2) is 12.8 Å². The average molecular weight is 518 g/mol. The molecule has 4 rings (SSSR count). The molecule has 0 bridgehead atoms. The van der Waals surface area contributed by atoms with Gasteiger partial charge in [-0.05, 0) is 55.3 Å². The molecule has 1 aromatic carbocycles. The van der Waals surface area contributed by atoms with Gasteiger partial charge in [0.25, 0.3) is 0 Å². The van der Waals surface area contributed by atoms with Crippen LogP contribution in [0.2, 0.25) is 0 Å². The van der Waals surface area contributed by atoms with Crippen molar-refractivity contribution in [2.75, 3.05) is 0 Å². The van der Waals surface area contributed by atoms with E-state index in [4.69, 9.17) is 0 Å². The fourth-order valence-electron chi connectivity index (χ4n) is 3.78. The van der Waals surface area contributed by atoms with Crippen LogP contribution in [0, 0.1) is 17.1 Å². The highest BCUT2D eigenvalue weighted by molar-refractivity contribution is 7.89. The van der Waals surface area contributed by atoms with E-state index in [1.165, 1.54) is 12.1 Å². The van der Waals surface area contributed by atoms with Crippen LogP contribution in [-0.4, -0.2) is 35.2 Å². The lowest BCUT2D eigenvalue weighted by molar-refractivity contribution is -0.147. The van der Waals surface area contributed by atoms with Gasteiger partial charge in [0.2, 0.25) is 10.0 Å². The lowest BCUT2D eigenvalue weighted by Crippen LogP contribution is -2.42. The second-order valence-corrected chi connectivity index (χ2v) is 9.67. The van der Waals surface area contributed by atoms with Gasteiger partial charge in [-0.2, -0.15) is 23.2 Å². The summed E-state index contributed by atoms with van der Waals surface area (Å²) in [5.41, 5.74) is 2.02. The number of nitrogens with one attached hydrogen (secondary N) is 1. The number of fused-ring (bicyclic) bond motifs is 1. The molecule has 0 aliphatic rings.